The van der Waals surface area contributed by atoms with Crippen molar-refractivity contribution in [1.29, 1.82) is 0 Å². The zero-order valence-electron chi connectivity index (χ0n) is 10.7. The normalized spacial score (nSPS) is 11.3. The number of rotatable bonds is 1. The summed E-state index contributed by atoms with van der Waals surface area (Å²) in [5.74, 6) is 0.568. The van der Waals surface area contributed by atoms with Crippen molar-refractivity contribution in [1.82, 2.24) is 20.0 Å². The van der Waals surface area contributed by atoms with Crippen LogP contribution in [0.5, 0.6) is 0 Å². The minimum Gasteiger partial charge on any atom is -0.383 e. The van der Waals surface area contributed by atoms with E-state index in [1.165, 1.54) is 11.1 Å². The Bertz CT molecular complexity index is 715. The van der Waals surface area contributed by atoms with Gasteiger partial charge in [-0.15, -0.1) is 0 Å². The third kappa shape index (κ3) is 1.48. The quantitative estimate of drug-likeness (QED) is 0.686. The summed E-state index contributed by atoms with van der Waals surface area (Å²) in [5.41, 5.74) is 10.9. The summed E-state index contributed by atoms with van der Waals surface area (Å²) in [5, 5.41) is 12.4. The summed E-state index contributed by atoms with van der Waals surface area (Å²) in [7, 11) is 0. The van der Waals surface area contributed by atoms with E-state index in [1.54, 1.807) is 0 Å². The first-order valence-electron chi connectivity index (χ1n) is 5.84. The molecule has 3 rings (SSSR count). The molecule has 3 aromatic rings. The van der Waals surface area contributed by atoms with Gasteiger partial charge in [0.1, 0.15) is 5.82 Å². The number of aryl methyl sites for hydroxylation is 3. The number of anilines is 1. The lowest BCUT2D eigenvalue weighted by Gasteiger charge is -2.04. The van der Waals surface area contributed by atoms with Gasteiger partial charge in [0.15, 0.2) is 5.65 Å². The van der Waals surface area contributed by atoms with E-state index in [0.29, 0.717) is 5.82 Å². The van der Waals surface area contributed by atoms with Crippen LogP contribution in [0, 0.1) is 20.8 Å². The molecule has 0 aliphatic rings. The van der Waals surface area contributed by atoms with Crippen molar-refractivity contribution < 1.29 is 0 Å². The molecule has 5 heteroatoms. The Hall–Kier alpha value is -2.30. The van der Waals surface area contributed by atoms with E-state index in [0.717, 1.165) is 22.4 Å². The number of hydrogen-bond donors (Lipinski definition) is 2. The Balaban J connectivity index is 2.31. The fraction of sp³-hybridized carbons (Fsp3) is 0.231. The molecule has 0 radical (unpaired) electrons. The van der Waals surface area contributed by atoms with Gasteiger partial charge in [0.25, 0.3) is 0 Å². The van der Waals surface area contributed by atoms with Gasteiger partial charge < -0.3 is 5.73 Å². The number of aromatic nitrogens is 4. The van der Waals surface area contributed by atoms with Crippen LogP contribution in [0.1, 0.15) is 16.8 Å². The molecule has 0 atom stereocenters. The number of nitrogens with one attached hydrogen (secondary N) is 1. The maximum absolute atomic E-state index is 5.86. The van der Waals surface area contributed by atoms with Crippen LogP contribution in [0.3, 0.4) is 0 Å². The van der Waals surface area contributed by atoms with Crippen LogP contribution >= 0.6 is 0 Å². The monoisotopic (exact) mass is 241 g/mol. The SMILES string of the molecule is Cc1cc(C)cc(-n2nc(C)c3c(N)[nH]nc32)c1. The summed E-state index contributed by atoms with van der Waals surface area (Å²) in [4.78, 5) is 0. The van der Waals surface area contributed by atoms with Gasteiger partial charge in [-0.05, 0) is 44.0 Å². The largest absolute Gasteiger partial charge is 0.383 e. The molecular formula is C13H15N5. The van der Waals surface area contributed by atoms with Crippen LogP contribution in [0.2, 0.25) is 0 Å². The molecule has 0 aliphatic heterocycles. The van der Waals surface area contributed by atoms with Gasteiger partial charge in [-0.1, -0.05) is 6.07 Å². The third-order valence-corrected chi connectivity index (χ3v) is 3.04. The molecule has 1 aromatic carbocycles. The molecule has 0 saturated carbocycles. The van der Waals surface area contributed by atoms with Gasteiger partial charge in [0.05, 0.1) is 16.8 Å². The summed E-state index contributed by atoms with van der Waals surface area (Å²) in [6, 6.07) is 6.31. The predicted molar refractivity (Wildman–Crippen MR) is 71.8 cm³/mol. The number of aromatic amines is 1. The van der Waals surface area contributed by atoms with E-state index in [2.05, 4.69) is 47.3 Å². The maximum atomic E-state index is 5.86. The van der Waals surface area contributed by atoms with Crippen LogP contribution in [0.4, 0.5) is 5.82 Å². The van der Waals surface area contributed by atoms with Gasteiger partial charge in [-0.3, -0.25) is 5.10 Å². The topological polar surface area (TPSA) is 72.5 Å². The van der Waals surface area contributed by atoms with Crippen molar-refractivity contribution in [2.45, 2.75) is 20.8 Å². The van der Waals surface area contributed by atoms with Gasteiger partial charge in [0, 0.05) is 0 Å². The average Bonchev–Trinajstić information content (AvgIpc) is 2.80. The summed E-state index contributed by atoms with van der Waals surface area (Å²) in [6.07, 6.45) is 0. The number of nitrogens with two attached hydrogens (primary N) is 1. The van der Waals surface area contributed by atoms with Crippen LogP contribution in [-0.4, -0.2) is 20.0 Å². The first-order valence-corrected chi connectivity index (χ1v) is 5.84. The van der Waals surface area contributed by atoms with Crippen LogP contribution < -0.4 is 5.73 Å². The predicted octanol–water partition coefficient (Wildman–Crippen LogP) is 2.26. The summed E-state index contributed by atoms with van der Waals surface area (Å²) >= 11 is 0. The highest BCUT2D eigenvalue weighted by Gasteiger charge is 2.14. The zero-order chi connectivity index (χ0) is 12.9. The Morgan fingerprint density at radius 2 is 1.78 bits per heavy atom. The number of benzene rings is 1. The zero-order valence-corrected chi connectivity index (χ0v) is 10.7. The Morgan fingerprint density at radius 3 is 2.44 bits per heavy atom. The van der Waals surface area contributed by atoms with Gasteiger partial charge in [0.2, 0.25) is 0 Å². The number of nitrogens with zero attached hydrogens (tertiary/aromatic N) is 3. The van der Waals surface area contributed by atoms with Gasteiger partial charge in [-0.2, -0.15) is 10.2 Å². The fourth-order valence-electron chi connectivity index (χ4n) is 2.36. The Labute approximate surface area is 105 Å². The maximum Gasteiger partial charge on any atom is 0.186 e. The standard InChI is InChI=1S/C13H15N5/c1-7-4-8(2)6-10(5-7)18-13-11(9(3)17-18)12(14)15-16-13/h4-6H,1-3H3,(H3,14,15,16). The molecule has 18 heavy (non-hydrogen) atoms. The van der Waals surface area contributed by atoms with Gasteiger partial charge >= 0.3 is 0 Å². The van der Waals surface area contributed by atoms with Crippen molar-refractivity contribution in [2.24, 2.45) is 0 Å². The van der Waals surface area contributed by atoms with E-state index in [4.69, 9.17) is 5.73 Å². The van der Waals surface area contributed by atoms with Crippen molar-refractivity contribution >= 4 is 16.9 Å². The fourth-order valence-corrected chi connectivity index (χ4v) is 2.36. The van der Waals surface area contributed by atoms with Crippen molar-refractivity contribution in [3.63, 3.8) is 0 Å². The molecule has 2 heterocycles. The lowest BCUT2D eigenvalue weighted by atomic mass is 10.1. The highest BCUT2D eigenvalue weighted by atomic mass is 15.3. The molecule has 3 N–H and O–H groups in total. The summed E-state index contributed by atoms with van der Waals surface area (Å²) in [6.45, 7) is 6.08. The second kappa shape index (κ2) is 3.60. The van der Waals surface area contributed by atoms with E-state index < -0.39 is 0 Å². The lowest BCUT2D eigenvalue weighted by Crippen LogP contribution is -1.99. The summed E-state index contributed by atoms with van der Waals surface area (Å²) < 4.78 is 1.83. The van der Waals surface area contributed by atoms with E-state index in [-0.39, 0.29) is 0 Å². The minimum atomic E-state index is 0.568. The first-order chi connectivity index (χ1) is 8.56. The minimum absolute atomic E-state index is 0.568. The van der Waals surface area contributed by atoms with E-state index >= 15 is 0 Å². The second-order valence-electron chi connectivity index (χ2n) is 4.68. The van der Waals surface area contributed by atoms with Crippen molar-refractivity contribution in [3.05, 3.63) is 35.0 Å². The molecule has 5 nitrogen and oxygen atoms in total. The average molecular weight is 241 g/mol. The van der Waals surface area contributed by atoms with Crippen molar-refractivity contribution in [3.8, 4) is 5.69 Å². The molecule has 92 valence electrons. The smallest absolute Gasteiger partial charge is 0.186 e. The number of hydrogen-bond acceptors (Lipinski definition) is 3. The molecule has 0 bridgehead atoms. The molecule has 0 saturated heterocycles. The molecule has 0 amide bonds. The van der Waals surface area contributed by atoms with Gasteiger partial charge in [-0.25, -0.2) is 4.68 Å². The number of nitrogen functional groups attached to an aromatic ring is 1. The number of fused-ring (bicyclic) bond motifs is 1. The molecule has 2 aromatic heterocycles. The Morgan fingerprint density at radius 1 is 1.11 bits per heavy atom. The van der Waals surface area contributed by atoms with Crippen molar-refractivity contribution in [2.75, 3.05) is 5.73 Å². The highest BCUT2D eigenvalue weighted by Crippen LogP contribution is 2.24. The third-order valence-electron chi connectivity index (χ3n) is 3.04. The van der Waals surface area contributed by atoms with Crippen LogP contribution in [0.15, 0.2) is 18.2 Å². The Kier molecular flexibility index (Phi) is 2.16. The molecule has 0 aliphatic carbocycles. The number of H-pyrrole nitrogens is 1. The van der Waals surface area contributed by atoms with Crippen LogP contribution in [0.25, 0.3) is 16.7 Å². The van der Waals surface area contributed by atoms with E-state index in [1.807, 2.05) is 11.6 Å². The molecule has 0 unspecified atom stereocenters. The second-order valence-corrected chi connectivity index (χ2v) is 4.68. The van der Waals surface area contributed by atoms with E-state index in [9.17, 15) is 0 Å². The molecule has 0 fully saturated rings. The first kappa shape index (κ1) is 10.8. The lowest BCUT2D eigenvalue weighted by molar-refractivity contribution is 0.863. The highest BCUT2D eigenvalue weighted by molar-refractivity contribution is 5.89. The molecular weight excluding hydrogens is 226 g/mol. The van der Waals surface area contributed by atoms with Crippen LogP contribution in [-0.2, 0) is 0 Å². The molecule has 0 spiro atoms.